The highest BCUT2D eigenvalue weighted by Gasteiger charge is 2.43. The summed E-state index contributed by atoms with van der Waals surface area (Å²) in [5.41, 5.74) is 2.53. The van der Waals surface area contributed by atoms with Gasteiger partial charge in [-0.25, -0.2) is 4.98 Å². The molecule has 3 heterocycles. The number of hydrogen-bond acceptors (Lipinski definition) is 4. The van der Waals surface area contributed by atoms with Gasteiger partial charge in [0.25, 0.3) is 0 Å². The molecule has 0 N–H and O–H groups in total. The molecule has 1 atom stereocenters. The minimum absolute atomic E-state index is 0.0241. The van der Waals surface area contributed by atoms with E-state index < -0.39 is 0 Å². The maximum absolute atomic E-state index is 5.91. The van der Waals surface area contributed by atoms with E-state index in [1.54, 1.807) is 0 Å². The van der Waals surface area contributed by atoms with E-state index in [2.05, 4.69) is 52.3 Å². The molecule has 1 aliphatic heterocycles. The van der Waals surface area contributed by atoms with Crippen LogP contribution in [0, 0.1) is 12.3 Å². The average molecular weight is 357 g/mol. The summed E-state index contributed by atoms with van der Waals surface area (Å²) in [5, 5.41) is 0. The van der Waals surface area contributed by atoms with Crippen LogP contribution in [0.15, 0.2) is 37.1 Å². The lowest BCUT2D eigenvalue weighted by atomic mass is 9.84. The highest BCUT2D eigenvalue weighted by Crippen LogP contribution is 2.41. The Bertz CT molecular complexity index is 681. The first-order valence-corrected chi connectivity index (χ1v) is 9.67. The minimum Gasteiger partial charge on any atom is -0.381 e. The average Bonchev–Trinajstić information content (AvgIpc) is 3.29. The van der Waals surface area contributed by atoms with Gasteiger partial charge in [0, 0.05) is 54.9 Å². The molecule has 5 heteroatoms. The molecule has 1 fully saturated rings. The fourth-order valence-electron chi connectivity index (χ4n) is 3.92. The Morgan fingerprint density at radius 3 is 2.81 bits per heavy atom. The van der Waals surface area contributed by atoms with Crippen molar-refractivity contribution in [2.45, 2.75) is 52.6 Å². The number of aromatic nitrogens is 3. The highest BCUT2D eigenvalue weighted by molar-refractivity contribution is 5.22. The zero-order valence-corrected chi connectivity index (χ0v) is 16.6. The molecule has 1 unspecified atom stereocenters. The summed E-state index contributed by atoms with van der Waals surface area (Å²) in [6.07, 6.45) is 10.1. The third-order valence-electron chi connectivity index (χ3n) is 5.92. The van der Waals surface area contributed by atoms with Crippen molar-refractivity contribution in [1.82, 2.24) is 19.4 Å². The normalized spacial score (nSPS) is 21.4. The van der Waals surface area contributed by atoms with Crippen molar-refractivity contribution in [1.29, 1.82) is 0 Å². The second-order valence-corrected chi connectivity index (χ2v) is 8.11. The van der Waals surface area contributed by atoms with E-state index in [4.69, 9.17) is 4.74 Å². The Balaban J connectivity index is 1.73. The van der Waals surface area contributed by atoms with Crippen molar-refractivity contribution in [2.75, 3.05) is 26.3 Å². The SMILES string of the molecule is CCOCC1(CCn2ccnc2)CCN(C(C)(C)c2ccc(C)nc2)C1. The van der Waals surface area contributed by atoms with E-state index in [1.807, 2.05) is 31.8 Å². The molecular weight excluding hydrogens is 324 g/mol. The van der Waals surface area contributed by atoms with Gasteiger partial charge in [0.15, 0.2) is 0 Å². The first-order valence-electron chi connectivity index (χ1n) is 9.67. The van der Waals surface area contributed by atoms with Crippen molar-refractivity contribution >= 4 is 0 Å². The Kier molecular flexibility index (Phi) is 5.78. The molecule has 0 amide bonds. The van der Waals surface area contributed by atoms with Gasteiger partial charge in [0.05, 0.1) is 12.9 Å². The van der Waals surface area contributed by atoms with Gasteiger partial charge < -0.3 is 9.30 Å². The van der Waals surface area contributed by atoms with E-state index in [1.165, 1.54) is 12.0 Å². The fourth-order valence-corrected chi connectivity index (χ4v) is 3.92. The molecule has 1 aliphatic rings. The number of pyridine rings is 1. The van der Waals surface area contributed by atoms with E-state index in [0.717, 1.165) is 45.0 Å². The van der Waals surface area contributed by atoms with E-state index >= 15 is 0 Å². The Hall–Kier alpha value is -1.72. The lowest BCUT2D eigenvalue weighted by Gasteiger charge is -2.38. The maximum Gasteiger partial charge on any atom is 0.0945 e. The Morgan fingerprint density at radius 2 is 2.15 bits per heavy atom. The van der Waals surface area contributed by atoms with Crippen LogP contribution >= 0.6 is 0 Å². The Labute approximate surface area is 157 Å². The van der Waals surface area contributed by atoms with Crippen LogP contribution in [0.3, 0.4) is 0 Å². The van der Waals surface area contributed by atoms with Crippen LogP contribution < -0.4 is 0 Å². The van der Waals surface area contributed by atoms with Crippen LogP contribution in [0.2, 0.25) is 0 Å². The molecule has 0 spiro atoms. The molecule has 0 aromatic carbocycles. The summed E-state index contributed by atoms with van der Waals surface area (Å²) in [5.74, 6) is 0. The summed E-state index contributed by atoms with van der Waals surface area (Å²) < 4.78 is 8.08. The zero-order valence-electron chi connectivity index (χ0n) is 16.6. The molecule has 142 valence electrons. The summed E-state index contributed by atoms with van der Waals surface area (Å²) in [6.45, 7) is 13.5. The van der Waals surface area contributed by atoms with Crippen LogP contribution in [0.4, 0.5) is 0 Å². The predicted molar refractivity (Wildman–Crippen MR) is 104 cm³/mol. The quantitative estimate of drug-likeness (QED) is 0.724. The lowest BCUT2D eigenvalue weighted by Crippen LogP contribution is -2.42. The van der Waals surface area contributed by atoms with Crippen LogP contribution in [-0.4, -0.2) is 45.7 Å². The number of aryl methyl sites for hydroxylation is 2. The molecule has 0 aliphatic carbocycles. The smallest absolute Gasteiger partial charge is 0.0945 e. The number of rotatable bonds is 8. The number of likely N-dealkylation sites (tertiary alicyclic amines) is 1. The number of imidazole rings is 1. The van der Waals surface area contributed by atoms with Crippen molar-refractivity contribution < 1.29 is 4.74 Å². The Morgan fingerprint density at radius 1 is 1.31 bits per heavy atom. The number of ether oxygens (including phenoxy) is 1. The van der Waals surface area contributed by atoms with Crippen LogP contribution in [-0.2, 0) is 16.8 Å². The summed E-state index contributed by atoms with van der Waals surface area (Å²) in [7, 11) is 0. The van der Waals surface area contributed by atoms with Gasteiger partial charge in [-0.1, -0.05) is 6.07 Å². The third-order valence-corrected chi connectivity index (χ3v) is 5.92. The molecule has 0 bridgehead atoms. The molecule has 3 rings (SSSR count). The van der Waals surface area contributed by atoms with E-state index in [-0.39, 0.29) is 11.0 Å². The maximum atomic E-state index is 5.91. The first-order chi connectivity index (χ1) is 12.5. The summed E-state index contributed by atoms with van der Waals surface area (Å²) in [6, 6.07) is 4.33. The molecular formula is C21H32N4O. The van der Waals surface area contributed by atoms with Gasteiger partial charge in [-0.2, -0.15) is 0 Å². The topological polar surface area (TPSA) is 43.2 Å². The van der Waals surface area contributed by atoms with Gasteiger partial charge in [0.1, 0.15) is 0 Å². The molecule has 5 nitrogen and oxygen atoms in total. The van der Waals surface area contributed by atoms with Gasteiger partial charge in [-0.15, -0.1) is 0 Å². The zero-order chi connectivity index (χ0) is 18.6. The van der Waals surface area contributed by atoms with Crippen LogP contribution in [0.1, 0.15) is 44.9 Å². The molecule has 0 radical (unpaired) electrons. The molecule has 0 saturated carbocycles. The number of hydrogen-bond donors (Lipinski definition) is 0. The molecule has 2 aromatic rings. The van der Waals surface area contributed by atoms with Gasteiger partial charge in [0.2, 0.25) is 0 Å². The van der Waals surface area contributed by atoms with E-state index in [9.17, 15) is 0 Å². The monoisotopic (exact) mass is 356 g/mol. The third kappa shape index (κ3) is 4.15. The first kappa shape index (κ1) is 19.1. The van der Waals surface area contributed by atoms with Crippen molar-refractivity contribution in [3.63, 3.8) is 0 Å². The predicted octanol–water partition coefficient (Wildman–Crippen LogP) is 3.64. The summed E-state index contributed by atoms with van der Waals surface area (Å²) >= 11 is 0. The molecule has 2 aromatic heterocycles. The van der Waals surface area contributed by atoms with Gasteiger partial charge in [-0.05, 0) is 58.7 Å². The van der Waals surface area contributed by atoms with Crippen LogP contribution in [0.25, 0.3) is 0 Å². The highest BCUT2D eigenvalue weighted by atomic mass is 16.5. The second-order valence-electron chi connectivity index (χ2n) is 8.11. The van der Waals surface area contributed by atoms with Crippen LogP contribution in [0.5, 0.6) is 0 Å². The van der Waals surface area contributed by atoms with Crippen molar-refractivity contribution in [2.24, 2.45) is 5.41 Å². The summed E-state index contributed by atoms with van der Waals surface area (Å²) in [4.78, 5) is 11.3. The molecule has 26 heavy (non-hydrogen) atoms. The van der Waals surface area contributed by atoms with E-state index in [0.29, 0.717) is 0 Å². The lowest BCUT2D eigenvalue weighted by molar-refractivity contribution is 0.0359. The van der Waals surface area contributed by atoms with Crippen molar-refractivity contribution in [3.8, 4) is 0 Å². The standard InChI is InChI=1S/C21H32N4O/c1-5-26-16-21(8-11-24-13-10-22-17-24)9-12-25(15-21)20(3,4)19-7-6-18(2)23-14-19/h6-7,10,13-14,17H,5,8-9,11-12,15-16H2,1-4H3. The van der Waals surface area contributed by atoms with Gasteiger partial charge >= 0.3 is 0 Å². The number of nitrogens with zero attached hydrogens (tertiary/aromatic N) is 4. The second kappa shape index (κ2) is 7.89. The molecule has 1 saturated heterocycles. The minimum atomic E-state index is -0.0241. The largest absolute Gasteiger partial charge is 0.381 e. The van der Waals surface area contributed by atoms with Gasteiger partial charge in [-0.3, -0.25) is 9.88 Å². The van der Waals surface area contributed by atoms with Crippen molar-refractivity contribution in [3.05, 3.63) is 48.3 Å². The fraction of sp³-hybridized carbons (Fsp3) is 0.619.